The van der Waals surface area contributed by atoms with Crippen molar-refractivity contribution < 1.29 is 0 Å². The molecule has 5 aromatic carbocycles. The molecule has 0 saturated heterocycles. The molecule has 11 rings (SSSR count). The second kappa shape index (κ2) is 30.8. The minimum absolute atomic E-state index is 0.0271. The van der Waals surface area contributed by atoms with Crippen LogP contribution in [0.4, 0.5) is 0 Å². The molecule has 0 spiro atoms. The Balaban J connectivity index is 1.14. The van der Waals surface area contributed by atoms with Gasteiger partial charge in [0.25, 0.3) is 0 Å². The molecule has 3 nitrogen and oxygen atoms in total. The van der Waals surface area contributed by atoms with Gasteiger partial charge < -0.3 is 4.57 Å². The van der Waals surface area contributed by atoms with Gasteiger partial charge in [0.15, 0.2) is 0 Å². The molecule has 9 aromatic rings. The molecule has 0 aliphatic heterocycles. The Bertz CT molecular complexity index is 4250. The van der Waals surface area contributed by atoms with Gasteiger partial charge in [0, 0.05) is 54.5 Å². The summed E-state index contributed by atoms with van der Waals surface area (Å²) >= 11 is 4.13. The molecule has 2 aliphatic carbocycles. The molecule has 4 heterocycles. The number of benzene rings is 5. The summed E-state index contributed by atoms with van der Waals surface area (Å²) in [6.45, 7) is 47.6. The number of aryl methyl sites for hydroxylation is 1. The van der Waals surface area contributed by atoms with Crippen molar-refractivity contribution in [3.05, 3.63) is 152 Å². The first-order valence-electron chi connectivity index (χ1n) is 40.6. The first-order valence-corrected chi connectivity index (χ1v) is 42.2. The average Bonchev–Trinajstić information content (AvgIpc) is 0.849. The maximum Gasteiger partial charge on any atom is 0.0973 e. The first kappa shape index (κ1) is 75.8. The third-order valence-electron chi connectivity index (χ3n) is 26.8. The molecule has 538 valence electrons. The van der Waals surface area contributed by atoms with Gasteiger partial charge in [0.1, 0.15) is 0 Å². The van der Waals surface area contributed by atoms with E-state index in [1.165, 1.54) is 258 Å². The van der Waals surface area contributed by atoms with Crippen molar-refractivity contribution in [2.75, 3.05) is 0 Å². The van der Waals surface area contributed by atoms with Crippen LogP contribution in [0.1, 0.15) is 348 Å². The predicted octanol–water partition coefficient (Wildman–Crippen LogP) is 30.3. The Morgan fingerprint density at radius 2 is 0.730 bits per heavy atom. The maximum absolute atomic E-state index is 6.45. The molecule has 0 radical (unpaired) electrons. The third-order valence-corrected chi connectivity index (χ3v) is 29.9. The maximum atomic E-state index is 6.45. The normalized spacial score (nSPS) is 15.6. The van der Waals surface area contributed by atoms with Gasteiger partial charge in [-0.15, -0.1) is 22.7 Å². The number of fused-ring (bicyclic) bond motifs is 10. The fourth-order valence-electron chi connectivity index (χ4n) is 17.4. The standard InChI is InChI=1S/C95H131N3S2/c1-20-24-28-32-36-44-58-94(19)72-50-42-40-48-68(72)70-54-52-66(62-76(70)94)82-83(67-53-55-71-69-49-41-43-51-73(69)95(77(71)63-67,59-45-37-33-29-25-21-2)60-46-38-34-30-26-22-3)96-84-74(90(11,12)88(5,6)7)56-57-75(85(84)97-82)91(13,14)93(17,18)81-65-79-87(100-81)86-78(98(79)61-47-39-35-31-27-23-4)64-80(99-86)92(15,16)89(8,9)10/h40-43,48-57,62-65H,20-39,44-47,58-61H2,1-19H3. The number of hydrogen-bond donors (Lipinski definition) is 0. The number of hydrogen-bond acceptors (Lipinski definition) is 4. The number of aromatic nitrogens is 3. The third kappa shape index (κ3) is 14.3. The summed E-state index contributed by atoms with van der Waals surface area (Å²) < 4.78 is 5.67. The predicted molar refractivity (Wildman–Crippen MR) is 442 cm³/mol. The van der Waals surface area contributed by atoms with E-state index in [-0.39, 0.29) is 37.9 Å². The van der Waals surface area contributed by atoms with Gasteiger partial charge in [-0.3, -0.25) is 0 Å². The largest absolute Gasteiger partial charge is 0.339 e. The Hall–Kier alpha value is -5.36. The summed E-state index contributed by atoms with van der Waals surface area (Å²) in [6.07, 6.45) is 34.5. The van der Waals surface area contributed by atoms with Crippen LogP contribution >= 0.6 is 22.7 Å². The molecular formula is C95H131N3S2. The van der Waals surface area contributed by atoms with Crippen LogP contribution in [0.3, 0.4) is 0 Å². The second-order valence-corrected chi connectivity index (χ2v) is 38.0. The van der Waals surface area contributed by atoms with Gasteiger partial charge in [0.05, 0.1) is 42.9 Å². The van der Waals surface area contributed by atoms with E-state index in [1.54, 1.807) is 5.56 Å². The highest BCUT2D eigenvalue weighted by Crippen LogP contribution is 2.59. The molecule has 1 atom stereocenters. The summed E-state index contributed by atoms with van der Waals surface area (Å²) in [6, 6.07) is 44.3. The summed E-state index contributed by atoms with van der Waals surface area (Å²) in [7, 11) is 0. The molecule has 5 heteroatoms. The van der Waals surface area contributed by atoms with E-state index in [2.05, 4.69) is 268 Å². The minimum Gasteiger partial charge on any atom is -0.339 e. The summed E-state index contributed by atoms with van der Waals surface area (Å²) in [5, 5.41) is 0. The van der Waals surface area contributed by atoms with Gasteiger partial charge in [0.2, 0.25) is 0 Å². The van der Waals surface area contributed by atoms with E-state index < -0.39 is 5.41 Å². The van der Waals surface area contributed by atoms with E-state index in [0.29, 0.717) is 0 Å². The SMILES string of the molecule is CCCCCCCCn1c2cc(C(C)(C)C(C)(C)C)sc2c2sc(C(C)(C)C(C)(C)c3ccc(C(C)(C)C(C)(C)C)c4nc(-c5ccc6c(c5)C(CCCCCCCC)(CCCCCCCC)c5ccccc5-6)c(-c5ccc6c(c5)C(C)(CCCCCCCC)c5ccccc5-6)nc34)cc21. The number of nitrogens with zero attached hydrogens (tertiary/aromatic N) is 3. The van der Waals surface area contributed by atoms with Crippen LogP contribution in [0.15, 0.2) is 109 Å². The summed E-state index contributed by atoms with van der Waals surface area (Å²) in [5.41, 5.74) is 22.3. The zero-order valence-corrected chi connectivity index (χ0v) is 68.0. The highest BCUT2D eigenvalue weighted by atomic mass is 32.1. The molecule has 0 saturated carbocycles. The van der Waals surface area contributed by atoms with Crippen molar-refractivity contribution in [1.82, 2.24) is 14.5 Å². The van der Waals surface area contributed by atoms with Crippen LogP contribution in [0.2, 0.25) is 0 Å². The highest BCUT2D eigenvalue weighted by Gasteiger charge is 2.47. The van der Waals surface area contributed by atoms with E-state index in [0.717, 1.165) is 35.4 Å². The molecule has 0 N–H and O–H groups in total. The Morgan fingerprint density at radius 3 is 1.21 bits per heavy atom. The molecular weight excluding hydrogens is 1250 g/mol. The molecule has 100 heavy (non-hydrogen) atoms. The fraction of sp³-hybridized carbons (Fsp3) is 0.579. The van der Waals surface area contributed by atoms with Crippen LogP contribution in [0.25, 0.3) is 76.2 Å². The van der Waals surface area contributed by atoms with Crippen LogP contribution in [-0.4, -0.2) is 14.5 Å². The zero-order valence-electron chi connectivity index (χ0n) is 66.3. The molecule has 0 fully saturated rings. The fourth-order valence-corrected chi connectivity index (χ4v) is 20.5. The molecule has 1 unspecified atom stereocenters. The van der Waals surface area contributed by atoms with Crippen LogP contribution in [-0.2, 0) is 39.0 Å². The van der Waals surface area contributed by atoms with Crippen molar-refractivity contribution in [3.63, 3.8) is 0 Å². The van der Waals surface area contributed by atoms with Crippen molar-refractivity contribution in [2.45, 2.75) is 344 Å². The molecule has 0 bridgehead atoms. The number of rotatable bonds is 35. The topological polar surface area (TPSA) is 30.7 Å². The van der Waals surface area contributed by atoms with Crippen molar-refractivity contribution in [3.8, 4) is 44.8 Å². The van der Waals surface area contributed by atoms with E-state index in [1.807, 2.05) is 0 Å². The lowest BCUT2D eigenvalue weighted by atomic mass is 9.61. The van der Waals surface area contributed by atoms with Gasteiger partial charge >= 0.3 is 0 Å². The average molecular weight is 1380 g/mol. The van der Waals surface area contributed by atoms with Crippen LogP contribution in [0.5, 0.6) is 0 Å². The van der Waals surface area contributed by atoms with Gasteiger partial charge in [-0.05, 0) is 122 Å². The van der Waals surface area contributed by atoms with Gasteiger partial charge in [-0.1, -0.05) is 364 Å². The summed E-state index contributed by atoms with van der Waals surface area (Å²) in [5.74, 6) is 0. The lowest BCUT2D eigenvalue weighted by Crippen LogP contribution is -2.40. The number of unbranched alkanes of at least 4 members (excludes halogenated alkanes) is 20. The van der Waals surface area contributed by atoms with Crippen LogP contribution in [0, 0.1) is 10.8 Å². The quantitative estimate of drug-likeness (QED) is 0.0371. The van der Waals surface area contributed by atoms with E-state index in [9.17, 15) is 0 Å². The summed E-state index contributed by atoms with van der Waals surface area (Å²) in [4.78, 5) is 15.8. The Kier molecular flexibility index (Phi) is 23.3. The van der Waals surface area contributed by atoms with Crippen molar-refractivity contribution >= 4 is 54.1 Å². The minimum atomic E-state index is -0.398. The van der Waals surface area contributed by atoms with Gasteiger partial charge in [-0.25, -0.2) is 9.97 Å². The molecule has 0 amide bonds. The van der Waals surface area contributed by atoms with Crippen molar-refractivity contribution in [2.24, 2.45) is 10.8 Å². The van der Waals surface area contributed by atoms with E-state index in [4.69, 9.17) is 9.97 Å². The van der Waals surface area contributed by atoms with Crippen molar-refractivity contribution in [1.29, 1.82) is 0 Å². The Labute approximate surface area is 616 Å². The lowest BCUT2D eigenvalue weighted by molar-refractivity contribution is 0.227. The molecule has 4 aromatic heterocycles. The molecule has 2 aliphatic rings. The van der Waals surface area contributed by atoms with Gasteiger partial charge in [-0.2, -0.15) is 0 Å². The zero-order chi connectivity index (χ0) is 71.6. The van der Waals surface area contributed by atoms with E-state index >= 15 is 0 Å². The Morgan fingerprint density at radius 1 is 0.350 bits per heavy atom. The highest BCUT2D eigenvalue weighted by molar-refractivity contribution is 7.27. The second-order valence-electron chi connectivity index (χ2n) is 35.9. The smallest absolute Gasteiger partial charge is 0.0973 e. The van der Waals surface area contributed by atoms with Crippen LogP contribution < -0.4 is 0 Å². The monoisotopic (exact) mass is 1380 g/mol. The number of thiophene rings is 2. The first-order chi connectivity index (χ1) is 47.6. The lowest BCUT2D eigenvalue weighted by Gasteiger charge is -2.43.